The second kappa shape index (κ2) is 9.75. The Morgan fingerprint density at radius 1 is 1.07 bits per heavy atom. The zero-order valence-corrected chi connectivity index (χ0v) is 21.8. The highest BCUT2D eigenvalue weighted by Gasteiger charge is 2.43. The Morgan fingerprint density at radius 2 is 1.83 bits per heavy atom. The smallest absolute Gasteiger partial charge is 0.476 e. The van der Waals surface area contributed by atoms with Crippen molar-refractivity contribution < 1.29 is 37.1 Å². The summed E-state index contributed by atoms with van der Waals surface area (Å²) in [5.74, 6) is 0.112. The second-order valence-corrected chi connectivity index (χ2v) is 10.8. The third-order valence-corrected chi connectivity index (χ3v) is 8.12. The van der Waals surface area contributed by atoms with E-state index in [1.807, 2.05) is 6.07 Å². The van der Waals surface area contributed by atoms with Gasteiger partial charge in [0.1, 0.15) is 23.0 Å². The number of alkyl halides is 3. The summed E-state index contributed by atoms with van der Waals surface area (Å²) in [5, 5.41) is 18.2. The van der Waals surface area contributed by atoms with Crippen LogP contribution in [0.1, 0.15) is 66.3 Å². The molecule has 2 bridgehead atoms. The Labute approximate surface area is 231 Å². The molecule has 2 saturated heterocycles. The monoisotopic (exact) mass is 569 g/mol. The highest BCUT2D eigenvalue weighted by molar-refractivity contribution is 5.86. The van der Waals surface area contributed by atoms with Crippen LogP contribution in [0.25, 0.3) is 16.9 Å². The lowest BCUT2D eigenvalue weighted by molar-refractivity contribution is -0.274. The van der Waals surface area contributed by atoms with Crippen molar-refractivity contribution in [2.75, 3.05) is 4.90 Å². The van der Waals surface area contributed by atoms with Crippen LogP contribution in [-0.2, 0) is 11.3 Å². The number of hydrogen-bond acceptors (Lipinski definition) is 8. The second-order valence-electron chi connectivity index (χ2n) is 10.8. The van der Waals surface area contributed by atoms with Crippen molar-refractivity contribution in [1.82, 2.24) is 19.8 Å². The van der Waals surface area contributed by atoms with Crippen LogP contribution < -0.4 is 9.64 Å². The first-order chi connectivity index (χ1) is 19.7. The van der Waals surface area contributed by atoms with E-state index in [2.05, 4.69) is 24.9 Å². The molecule has 1 aliphatic carbocycles. The molecule has 5 heterocycles. The molecule has 41 heavy (non-hydrogen) atoms. The Balaban J connectivity index is 1.10. The number of fused-ring (bicyclic) bond motifs is 3. The first-order valence-corrected chi connectivity index (χ1v) is 13.6. The quantitative estimate of drug-likeness (QED) is 0.291. The molecule has 214 valence electrons. The number of carbonyl (C=O) groups is 1. The fourth-order valence-corrected chi connectivity index (χ4v) is 6.20. The van der Waals surface area contributed by atoms with E-state index >= 15 is 0 Å². The van der Waals surface area contributed by atoms with Gasteiger partial charge in [0.15, 0.2) is 11.3 Å². The van der Waals surface area contributed by atoms with Gasteiger partial charge < -0.3 is 24.0 Å². The van der Waals surface area contributed by atoms with E-state index in [-0.39, 0.29) is 47.7 Å². The molecule has 3 atom stereocenters. The lowest BCUT2D eigenvalue weighted by atomic mass is 9.99. The highest BCUT2D eigenvalue weighted by atomic mass is 19.4. The molecule has 2 unspecified atom stereocenters. The molecular formula is C28H26F3N5O5. The van der Waals surface area contributed by atoms with Crippen LogP contribution in [-0.4, -0.2) is 55.4 Å². The molecule has 1 N–H and O–H groups in total. The van der Waals surface area contributed by atoms with E-state index < -0.39 is 12.3 Å². The maximum absolute atomic E-state index is 13.1. The van der Waals surface area contributed by atoms with E-state index in [1.54, 1.807) is 12.1 Å². The summed E-state index contributed by atoms with van der Waals surface area (Å²) in [6, 6.07) is 9.87. The highest BCUT2D eigenvalue weighted by Crippen LogP contribution is 2.46. The molecule has 2 aliphatic heterocycles. The van der Waals surface area contributed by atoms with Gasteiger partial charge in [-0.25, -0.2) is 14.3 Å². The van der Waals surface area contributed by atoms with E-state index in [0.717, 1.165) is 38.5 Å². The average Bonchev–Trinajstić information content (AvgIpc) is 3.44. The number of aromatic nitrogens is 4. The van der Waals surface area contributed by atoms with Crippen molar-refractivity contribution in [3.63, 3.8) is 0 Å². The Hall–Kier alpha value is -4.13. The number of aromatic carboxylic acids is 1. The maximum Gasteiger partial charge on any atom is 0.573 e. The summed E-state index contributed by atoms with van der Waals surface area (Å²) >= 11 is 0. The topological polar surface area (TPSA) is 115 Å². The molecule has 0 radical (unpaired) electrons. The number of nitrogens with zero attached hydrogens (tertiary/aromatic N) is 5. The van der Waals surface area contributed by atoms with Crippen molar-refractivity contribution >= 4 is 17.4 Å². The summed E-state index contributed by atoms with van der Waals surface area (Å²) in [7, 11) is 0. The molecule has 3 fully saturated rings. The van der Waals surface area contributed by atoms with Crippen molar-refractivity contribution in [3.05, 3.63) is 59.6 Å². The first kappa shape index (κ1) is 25.8. The molecular weight excluding hydrogens is 543 g/mol. The predicted octanol–water partition coefficient (Wildman–Crippen LogP) is 5.58. The fourth-order valence-electron chi connectivity index (χ4n) is 6.20. The molecule has 4 aromatic rings. The molecule has 0 spiro atoms. The van der Waals surface area contributed by atoms with Crippen LogP contribution in [0.3, 0.4) is 0 Å². The molecule has 13 heteroatoms. The van der Waals surface area contributed by atoms with Crippen molar-refractivity contribution in [1.29, 1.82) is 0 Å². The zero-order chi connectivity index (χ0) is 28.3. The standard InChI is InChI=1S/C28H26F3N5O5/c29-28(30,31)40-22-4-2-1-3-19(22)25-20(26(41-34-25)15-5-6-15)14-39-18-11-16-7-8-17(12-18)35(16)24-10-9-23-32-13-21(27(37)38)36(23)33-24/h1-4,9-10,13,15-18H,5-8,11-12,14H2,(H,37,38)/t16-,17?,18?/m0/s1. The Kier molecular flexibility index (Phi) is 6.14. The number of rotatable bonds is 8. The normalized spacial score (nSPS) is 22.4. The Bertz CT molecular complexity index is 1600. The minimum Gasteiger partial charge on any atom is -0.476 e. The van der Waals surface area contributed by atoms with E-state index in [1.165, 1.54) is 28.9 Å². The van der Waals surface area contributed by atoms with Crippen LogP contribution in [0.2, 0.25) is 0 Å². The third kappa shape index (κ3) is 4.88. The fraction of sp³-hybridized carbons (Fsp3) is 0.429. The molecule has 0 amide bonds. The molecule has 3 aliphatic rings. The van der Waals surface area contributed by atoms with E-state index in [9.17, 15) is 23.1 Å². The molecule has 10 nitrogen and oxygen atoms in total. The number of halogens is 3. The SMILES string of the molecule is O=C(O)c1cnc2ccc(N3C4CC[C@H]3CC(OCc3c(-c5ccccc5OC(F)(F)F)noc3C3CC3)C4)nn12. The van der Waals surface area contributed by atoms with Crippen LogP contribution in [0, 0.1) is 0 Å². The Morgan fingerprint density at radius 3 is 2.54 bits per heavy atom. The minimum absolute atomic E-state index is 0.00520. The number of hydrogen-bond donors (Lipinski definition) is 1. The van der Waals surface area contributed by atoms with Gasteiger partial charge in [-0.3, -0.25) is 0 Å². The first-order valence-electron chi connectivity index (χ1n) is 13.6. The number of carboxylic acids is 1. The van der Waals surface area contributed by atoms with Gasteiger partial charge in [-0.2, -0.15) is 0 Å². The van der Waals surface area contributed by atoms with Crippen molar-refractivity contribution in [2.24, 2.45) is 0 Å². The number of piperidine rings is 1. The molecule has 3 aromatic heterocycles. The van der Waals surface area contributed by atoms with Gasteiger partial charge in [-0.15, -0.1) is 18.3 Å². The van der Waals surface area contributed by atoms with Gasteiger partial charge in [0.05, 0.1) is 18.9 Å². The summed E-state index contributed by atoms with van der Waals surface area (Å²) in [5.41, 5.74) is 1.64. The number of anilines is 1. The largest absolute Gasteiger partial charge is 0.573 e. The number of imidazole rings is 1. The minimum atomic E-state index is -4.84. The maximum atomic E-state index is 13.1. The summed E-state index contributed by atoms with van der Waals surface area (Å²) in [6.07, 6.45) is 1.62. The zero-order valence-electron chi connectivity index (χ0n) is 21.8. The summed E-state index contributed by atoms with van der Waals surface area (Å²) in [4.78, 5) is 17.9. The van der Waals surface area contributed by atoms with Crippen molar-refractivity contribution in [2.45, 2.75) is 75.6 Å². The average molecular weight is 570 g/mol. The summed E-state index contributed by atoms with van der Waals surface area (Å²) < 4.78 is 57.0. The van der Waals surface area contributed by atoms with Gasteiger partial charge in [0, 0.05) is 29.1 Å². The van der Waals surface area contributed by atoms with Crippen LogP contribution in [0.4, 0.5) is 19.0 Å². The van der Waals surface area contributed by atoms with Gasteiger partial charge in [0.25, 0.3) is 0 Å². The summed E-state index contributed by atoms with van der Waals surface area (Å²) in [6.45, 7) is 0.163. The molecule has 7 rings (SSSR count). The van der Waals surface area contributed by atoms with E-state index in [0.29, 0.717) is 28.5 Å². The van der Waals surface area contributed by atoms with Crippen LogP contribution >= 0.6 is 0 Å². The van der Waals surface area contributed by atoms with Gasteiger partial charge in [-0.1, -0.05) is 17.3 Å². The molecule has 1 saturated carbocycles. The van der Waals surface area contributed by atoms with Crippen molar-refractivity contribution in [3.8, 4) is 17.0 Å². The lowest BCUT2D eigenvalue weighted by Crippen LogP contribution is -2.46. The number of carboxylic acid groups (broad SMARTS) is 1. The predicted molar refractivity (Wildman–Crippen MR) is 138 cm³/mol. The van der Waals surface area contributed by atoms with Crippen LogP contribution in [0.15, 0.2) is 47.1 Å². The van der Waals surface area contributed by atoms with Gasteiger partial charge >= 0.3 is 12.3 Å². The van der Waals surface area contributed by atoms with Gasteiger partial charge in [0.2, 0.25) is 0 Å². The lowest BCUT2D eigenvalue weighted by Gasteiger charge is -2.39. The van der Waals surface area contributed by atoms with Gasteiger partial charge in [-0.05, 0) is 62.8 Å². The van der Waals surface area contributed by atoms with Crippen LogP contribution in [0.5, 0.6) is 5.75 Å². The third-order valence-electron chi connectivity index (χ3n) is 8.12. The number of para-hydroxylation sites is 1. The number of ether oxygens (including phenoxy) is 2. The van der Waals surface area contributed by atoms with E-state index in [4.69, 9.17) is 9.26 Å². The number of benzene rings is 1. The molecule has 1 aromatic carbocycles.